The monoisotopic (exact) mass is 386 g/mol. The summed E-state index contributed by atoms with van der Waals surface area (Å²) in [5, 5.41) is 37.6. The molecule has 1 aliphatic heterocycles. The van der Waals surface area contributed by atoms with Crippen LogP contribution >= 0.6 is 0 Å². The van der Waals surface area contributed by atoms with Crippen molar-refractivity contribution in [3.8, 4) is 0 Å². The molecular weight excluding hydrogens is 378 g/mol. The molecule has 0 bridgehead atoms. The normalized spacial score (nSPS) is 27.3. The topological polar surface area (TPSA) is 265 Å². The fourth-order valence-electron chi connectivity index (χ4n) is 1.97. The summed E-state index contributed by atoms with van der Waals surface area (Å²) < 4.78 is 4.93. The Kier molecular flexibility index (Phi) is 6.80. The lowest BCUT2D eigenvalue weighted by Crippen LogP contribution is -2.62. The predicted molar refractivity (Wildman–Crippen MR) is 64.8 cm³/mol. The molecule has 0 spiro atoms. The Morgan fingerprint density at radius 3 is 2.04 bits per heavy atom. The van der Waals surface area contributed by atoms with Gasteiger partial charge in [-0.2, -0.15) is 4.84 Å². The molecule has 1 N–H and O–H groups in total. The van der Waals surface area contributed by atoms with E-state index in [0.29, 0.717) is 0 Å². The summed E-state index contributed by atoms with van der Waals surface area (Å²) in [5.74, 6) is 0. The maximum atomic E-state index is 10.7. The van der Waals surface area contributed by atoms with Crippen LogP contribution in [0.25, 0.3) is 10.4 Å². The molecule has 1 heterocycles. The molecule has 20 nitrogen and oxygen atoms in total. The lowest BCUT2D eigenvalue weighted by molar-refractivity contribution is -0.987. The minimum Gasteiger partial charge on any atom is -0.362 e. The van der Waals surface area contributed by atoms with Gasteiger partial charge >= 0.3 is 5.09 Å². The van der Waals surface area contributed by atoms with Crippen LogP contribution in [0.1, 0.15) is 0 Å². The first-order chi connectivity index (χ1) is 12.1. The molecule has 0 aromatic rings. The van der Waals surface area contributed by atoms with Crippen LogP contribution in [0.2, 0.25) is 0 Å². The van der Waals surface area contributed by atoms with Crippen molar-refractivity contribution >= 4 is 0 Å². The van der Waals surface area contributed by atoms with E-state index >= 15 is 0 Å². The van der Waals surface area contributed by atoms with Crippen LogP contribution < -0.4 is 0 Å². The molecular formula is C6H8N7O13+. The van der Waals surface area contributed by atoms with E-state index in [1.807, 2.05) is 0 Å². The maximum Gasteiger partial charge on any atom is 0.475 e. The number of hydrogen-bond donors (Lipinski definition) is 1. The van der Waals surface area contributed by atoms with Gasteiger partial charge in [0.2, 0.25) is 6.10 Å². The van der Waals surface area contributed by atoms with E-state index in [1.54, 1.807) is 0 Å². The highest BCUT2D eigenvalue weighted by molar-refractivity contribution is 4.93. The number of nitrogens with zero attached hydrogens (tertiary/aromatic N) is 7. The fourth-order valence-corrected chi connectivity index (χ4v) is 1.97. The third-order valence-corrected chi connectivity index (χ3v) is 2.75. The molecule has 0 aromatic heterocycles. The Hall–Kier alpha value is -3.93. The summed E-state index contributed by atoms with van der Waals surface area (Å²) in [7, 11) is 0. The highest BCUT2D eigenvalue weighted by Crippen LogP contribution is 2.29. The number of ether oxygens (including phenoxy) is 1. The summed E-state index contributed by atoms with van der Waals surface area (Å²) >= 11 is 0. The van der Waals surface area contributed by atoms with Crippen molar-refractivity contribution in [3.05, 3.63) is 45.7 Å². The molecule has 1 saturated heterocycles. The van der Waals surface area contributed by atoms with Crippen molar-refractivity contribution in [1.82, 2.24) is 0 Å². The van der Waals surface area contributed by atoms with Crippen LogP contribution in [-0.4, -0.2) is 62.8 Å². The molecule has 0 saturated carbocycles. The van der Waals surface area contributed by atoms with Gasteiger partial charge in [-0.05, 0) is 5.53 Å². The quantitative estimate of drug-likeness (QED) is 0.153. The van der Waals surface area contributed by atoms with Gasteiger partial charge < -0.3 is 19.2 Å². The average Bonchev–Trinajstić information content (AvgIpc) is 2.50. The van der Waals surface area contributed by atoms with Gasteiger partial charge in [0.05, 0.1) is 0 Å². The van der Waals surface area contributed by atoms with Gasteiger partial charge in [0.15, 0.2) is 18.4 Å². The third kappa shape index (κ3) is 5.61. The Balaban J connectivity index is 3.28. The van der Waals surface area contributed by atoms with Crippen molar-refractivity contribution in [2.75, 3.05) is 6.61 Å². The summed E-state index contributed by atoms with van der Waals surface area (Å²) in [6.07, 6.45) is -10.2. The van der Waals surface area contributed by atoms with Gasteiger partial charge in [-0.25, -0.2) is 5.21 Å². The van der Waals surface area contributed by atoms with Gasteiger partial charge in [-0.1, -0.05) is 5.11 Å². The zero-order valence-electron chi connectivity index (χ0n) is 12.1. The van der Waals surface area contributed by atoms with E-state index in [0.717, 1.165) is 0 Å². The van der Waals surface area contributed by atoms with Crippen LogP contribution in [0.5, 0.6) is 0 Å². The number of hydrogen-bond acceptors (Lipinski definition) is 13. The Morgan fingerprint density at radius 1 is 1.00 bits per heavy atom. The molecule has 1 fully saturated rings. The van der Waals surface area contributed by atoms with Crippen LogP contribution in [0.3, 0.4) is 0 Å². The van der Waals surface area contributed by atoms with Crippen LogP contribution in [-0.2, 0) is 24.1 Å². The zero-order valence-corrected chi connectivity index (χ0v) is 12.1. The second-order valence-corrected chi connectivity index (χ2v) is 4.18. The fraction of sp³-hybridized carbons (Fsp3) is 1.00. The average molecular weight is 386 g/mol. The molecule has 5 atom stereocenters. The third-order valence-electron chi connectivity index (χ3n) is 2.75. The molecule has 0 amide bonds. The SMILES string of the molecule is [N-]=[N+]=N[C@@H]1OC(CO[N+](=O)[O-])C(O[N+](=O)[O-])C(O[N+](=O)O)C1O[N+](=O)[O-]. The largest absolute Gasteiger partial charge is 0.475 e. The highest BCUT2D eigenvalue weighted by atomic mass is 17.0. The zero-order chi connectivity index (χ0) is 19.9. The summed E-state index contributed by atoms with van der Waals surface area (Å²) in [6.45, 7) is -1.06. The van der Waals surface area contributed by atoms with Crippen LogP contribution in [0.15, 0.2) is 5.11 Å². The van der Waals surface area contributed by atoms with Gasteiger partial charge in [-0.3, -0.25) is 0 Å². The molecule has 144 valence electrons. The summed E-state index contributed by atoms with van der Waals surface area (Å²) in [6, 6.07) is 0. The van der Waals surface area contributed by atoms with Gasteiger partial charge in [0.1, 0.15) is 17.6 Å². The van der Waals surface area contributed by atoms with Crippen molar-refractivity contribution in [3.63, 3.8) is 0 Å². The van der Waals surface area contributed by atoms with Gasteiger partial charge in [-0.15, -0.1) is 30.3 Å². The Bertz CT molecular complexity index is 620. The second-order valence-electron chi connectivity index (χ2n) is 4.18. The molecule has 1 aliphatic rings. The van der Waals surface area contributed by atoms with Gasteiger partial charge in [0.25, 0.3) is 15.3 Å². The Morgan fingerprint density at radius 2 is 1.58 bits per heavy atom. The molecule has 0 radical (unpaired) electrons. The summed E-state index contributed by atoms with van der Waals surface area (Å²) in [4.78, 5) is 60.9. The van der Waals surface area contributed by atoms with E-state index in [-0.39, 0.29) is 0 Å². The lowest BCUT2D eigenvalue weighted by Gasteiger charge is -2.39. The Labute approximate surface area is 139 Å². The first-order valence-corrected chi connectivity index (χ1v) is 6.08. The lowest BCUT2D eigenvalue weighted by atomic mass is 9.98. The second kappa shape index (κ2) is 8.79. The number of azide groups is 1. The number of rotatable bonds is 10. The van der Waals surface area contributed by atoms with Crippen LogP contribution in [0, 0.1) is 35.3 Å². The van der Waals surface area contributed by atoms with E-state index in [2.05, 4.69) is 29.4 Å². The molecule has 4 unspecified atom stereocenters. The maximum absolute atomic E-state index is 10.7. The molecule has 0 aromatic carbocycles. The van der Waals surface area contributed by atoms with Crippen molar-refractivity contribution in [2.45, 2.75) is 30.6 Å². The molecule has 1 rings (SSSR count). The van der Waals surface area contributed by atoms with Crippen molar-refractivity contribution < 1.29 is 49.6 Å². The molecule has 0 aliphatic carbocycles. The van der Waals surface area contributed by atoms with Gasteiger partial charge in [0, 0.05) is 4.91 Å². The van der Waals surface area contributed by atoms with Crippen molar-refractivity contribution in [2.24, 2.45) is 5.11 Å². The van der Waals surface area contributed by atoms with E-state index < -0.39 is 57.6 Å². The summed E-state index contributed by atoms with van der Waals surface area (Å²) in [5.41, 5.74) is 8.47. The standard InChI is InChI=1S/C6H8N7O13/c7-9-8-6-5(26-13(20)21)4(25-12(18)19)3(24-11(16)17)2(23-6)1-22-10(14)15/h2-6H,1H2,(H,18,19)/q+1/t2?,3?,4?,5?,6-/m1/s1. The first-order valence-electron chi connectivity index (χ1n) is 6.08. The van der Waals surface area contributed by atoms with E-state index in [9.17, 15) is 35.3 Å². The predicted octanol–water partition coefficient (Wildman–Crippen LogP) is -1.15. The van der Waals surface area contributed by atoms with Crippen molar-refractivity contribution in [1.29, 1.82) is 0 Å². The molecule has 20 heteroatoms. The van der Waals surface area contributed by atoms with E-state index in [4.69, 9.17) is 15.5 Å². The smallest absolute Gasteiger partial charge is 0.362 e. The highest BCUT2D eigenvalue weighted by Gasteiger charge is 2.55. The minimum absolute atomic E-state index is 1.06. The molecule has 26 heavy (non-hydrogen) atoms. The van der Waals surface area contributed by atoms with E-state index in [1.165, 1.54) is 0 Å². The minimum atomic E-state index is -2.18. The first kappa shape index (κ1) is 20.1. The van der Waals surface area contributed by atoms with Crippen LogP contribution in [0.4, 0.5) is 0 Å².